The van der Waals surface area contributed by atoms with Gasteiger partial charge in [0.15, 0.2) is 11.5 Å². The van der Waals surface area contributed by atoms with Gasteiger partial charge in [-0.2, -0.15) is 5.10 Å². The van der Waals surface area contributed by atoms with E-state index in [1.54, 1.807) is 11.6 Å². The number of furan rings is 1. The predicted molar refractivity (Wildman–Crippen MR) is 127 cm³/mol. The van der Waals surface area contributed by atoms with Crippen molar-refractivity contribution >= 4 is 17.5 Å². The molecule has 6 nitrogen and oxygen atoms in total. The van der Waals surface area contributed by atoms with Gasteiger partial charge in [0.25, 0.3) is 5.91 Å². The van der Waals surface area contributed by atoms with E-state index in [0.717, 1.165) is 28.8 Å². The van der Waals surface area contributed by atoms with Gasteiger partial charge in [-0.1, -0.05) is 54.1 Å². The second-order valence-corrected chi connectivity index (χ2v) is 8.51. The number of aromatic nitrogens is 2. The maximum atomic E-state index is 13.2. The second kappa shape index (κ2) is 8.54. The van der Waals surface area contributed by atoms with Gasteiger partial charge in [0.05, 0.1) is 17.8 Å². The third-order valence-electron chi connectivity index (χ3n) is 6.02. The molecule has 0 aliphatic heterocycles. The maximum Gasteiger partial charge on any atom is 0.292 e. The van der Waals surface area contributed by atoms with Crippen LogP contribution in [0.4, 0.5) is 5.82 Å². The third-order valence-corrected chi connectivity index (χ3v) is 6.02. The highest BCUT2D eigenvalue weighted by atomic mass is 16.4. The Morgan fingerprint density at radius 2 is 1.88 bits per heavy atom. The van der Waals surface area contributed by atoms with Crippen LogP contribution in [0.2, 0.25) is 0 Å². The lowest BCUT2D eigenvalue weighted by Gasteiger charge is -2.08. The van der Waals surface area contributed by atoms with Crippen LogP contribution in [0.25, 0.3) is 11.3 Å². The number of anilines is 1. The molecule has 4 aromatic rings. The van der Waals surface area contributed by atoms with Crippen LogP contribution in [0.1, 0.15) is 56.2 Å². The van der Waals surface area contributed by atoms with Crippen molar-refractivity contribution in [2.45, 2.75) is 39.7 Å². The first-order valence-electron chi connectivity index (χ1n) is 11.1. The summed E-state index contributed by atoms with van der Waals surface area (Å²) in [7, 11) is 0. The molecule has 0 bridgehead atoms. The van der Waals surface area contributed by atoms with E-state index in [0.29, 0.717) is 42.1 Å². The number of amides is 1. The SMILES string of the molecule is Cc1cccc(-c2cc(NC(=O)c3oc4c(c3C)C(=O)CCC4)n(Cc3ccccc3)n2)c1. The number of nitrogens with zero attached hydrogens (tertiary/aromatic N) is 2. The number of hydrogen-bond donors (Lipinski definition) is 1. The number of ketones is 1. The van der Waals surface area contributed by atoms with Gasteiger partial charge < -0.3 is 9.73 Å². The van der Waals surface area contributed by atoms with Crippen molar-refractivity contribution in [3.8, 4) is 11.3 Å². The number of nitrogens with one attached hydrogen (secondary N) is 1. The lowest BCUT2D eigenvalue weighted by Crippen LogP contribution is -2.16. The van der Waals surface area contributed by atoms with Crippen LogP contribution < -0.4 is 5.32 Å². The highest BCUT2D eigenvalue weighted by Crippen LogP contribution is 2.30. The summed E-state index contributed by atoms with van der Waals surface area (Å²) < 4.78 is 7.63. The number of fused-ring (bicyclic) bond motifs is 1. The fourth-order valence-corrected chi connectivity index (χ4v) is 4.38. The van der Waals surface area contributed by atoms with E-state index in [9.17, 15) is 9.59 Å². The molecule has 2 aromatic carbocycles. The molecule has 1 aliphatic rings. The molecular formula is C27H25N3O3. The largest absolute Gasteiger partial charge is 0.455 e. The molecule has 1 amide bonds. The Labute approximate surface area is 192 Å². The summed E-state index contributed by atoms with van der Waals surface area (Å²) in [5, 5.41) is 7.75. The first-order valence-corrected chi connectivity index (χ1v) is 11.1. The number of Topliss-reactive ketones (excluding diaryl/α,β-unsaturated/α-hetero) is 1. The van der Waals surface area contributed by atoms with Crippen molar-refractivity contribution in [1.82, 2.24) is 9.78 Å². The van der Waals surface area contributed by atoms with Crippen LogP contribution in [0.15, 0.2) is 65.1 Å². The van der Waals surface area contributed by atoms with Crippen molar-refractivity contribution in [3.63, 3.8) is 0 Å². The average molecular weight is 440 g/mol. The first kappa shape index (κ1) is 20.9. The Morgan fingerprint density at radius 3 is 2.64 bits per heavy atom. The smallest absolute Gasteiger partial charge is 0.292 e. The molecular weight excluding hydrogens is 414 g/mol. The molecule has 0 saturated carbocycles. The van der Waals surface area contributed by atoms with Gasteiger partial charge in [-0.15, -0.1) is 0 Å². The number of benzene rings is 2. The summed E-state index contributed by atoms with van der Waals surface area (Å²) in [4.78, 5) is 25.5. The van der Waals surface area contributed by atoms with Gasteiger partial charge in [-0.25, -0.2) is 4.68 Å². The highest BCUT2D eigenvalue weighted by Gasteiger charge is 2.29. The van der Waals surface area contributed by atoms with Crippen LogP contribution >= 0.6 is 0 Å². The third kappa shape index (κ3) is 4.12. The number of aryl methyl sites for hydroxylation is 2. The molecule has 33 heavy (non-hydrogen) atoms. The number of hydrogen-bond acceptors (Lipinski definition) is 4. The van der Waals surface area contributed by atoms with E-state index in [4.69, 9.17) is 9.52 Å². The van der Waals surface area contributed by atoms with Gasteiger partial charge in [0.2, 0.25) is 0 Å². The summed E-state index contributed by atoms with van der Waals surface area (Å²) in [5.41, 5.74) is 5.15. The summed E-state index contributed by atoms with van der Waals surface area (Å²) in [6.45, 7) is 4.32. The molecule has 0 atom stereocenters. The van der Waals surface area contributed by atoms with E-state index in [2.05, 4.69) is 11.4 Å². The second-order valence-electron chi connectivity index (χ2n) is 8.51. The molecule has 0 radical (unpaired) electrons. The summed E-state index contributed by atoms with van der Waals surface area (Å²) in [6.07, 6.45) is 1.93. The lowest BCUT2D eigenvalue weighted by atomic mass is 9.94. The van der Waals surface area contributed by atoms with Crippen LogP contribution in [-0.2, 0) is 13.0 Å². The Balaban J connectivity index is 1.50. The average Bonchev–Trinajstić information content (AvgIpc) is 3.36. The van der Waals surface area contributed by atoms with Crippen molar-refractivity contribution in [2.24, 2.45) is 0 Å². The summed E-state index contributed by atoms with van der Waals surface area (Å²) in [6, 6.07) is 19.9. The Hall–Kier alpha value is -3.93. The topological polar surface area (TPSA) is 77.1 Å². The normalized spacial score (nSPS) is 13.1. The Kier molecular flexibility index (Phi) is 5.42. The first-order chi connectivity index (χ1) is 16.0. The molecule has 0 fully saturated rings. The molecule has 166 valence electrons. The van der Waals surface area contributed by atoms with Crippen LogP contribution in [0, 0.1) is 13.8 Å². The standard InChI is InChI=1S/C27H25N3O3/c1-17-8-6-11-20(14-17)21-15-24(30(29-21)16-19-9-4-3-5-10-19)28-27(32)26-18(2)25-22(31)12-7-13-23(25)33-26/h3-6,8-11,14-15H,7,12-13,16H2,1-2H3,(H,28,32). The number of carbonyl (C=O) groups is 2. The van der Waals surface area contributed by atoms with Gasteiger partial charge in [0.1, 0.15) is 11.6 Å². The van der Waals surface area contributed by atoms with Gasteiger partial charge >= 0.3 is 0 Å². The zero-order chi connectivity index (χ0) is 22.9. The monoisotopic (exact) mass is 439 g/mol. The minimum atomic E-state index is -0.375. The number of carbonyl (C=O) groups excluding carboxylic acids is 2. The molecule has 0 unspecified atom stereocenters. The minimum Gasteiger partial charge on any atom is -0.455 e. The highest BCUT2D eigenvalue weighted by molar-refractivity contribution is 6.07. The Bertz CT molecular complexity index is 1350. The van der Waals surface area contributed by atoms with E-state index >= 15 is 0 Å². The van der Waals surface area contributed by atoms with E-state index in [-0.39, 0.29) is 17.5 Å². The number of rotatable bonds is 5. The van der Waals surface area contributed by atoms with Gasteiger partial charge in [-0.05, 0) is 31.9 Å². The summed E-state index contributed by atoms with van der Waals surface area (Å²) >= 11 is 0. The van der Waals surface area contributed by atoms with Crippen LogP contribution in [0.5, 0.6) is 0 Å². The molecule has 5 rings (SSSR count). The molecule has 1 N–H and O–H groups in total. The summed E-state index contributed by atoms with van der Waals surface area (Å²) in [5.74, 6) is 1.06. The van der Waals surface area contributed by atoms with Gasteiger partial charge in [0, 0.05) is 30.0 Å². The Morgan fingerprint density at radius 1 is 1.06 bits per heavy atom. The van der Waals surface area contributed by atoms with Crippen molar-refractivity contribution in [3.05, 3.63) is 94.4 Å². The zero-order valence-corrected chi connectivity index (χ0v) is 18.7. The molecule has 2 heterocycles. The fourth-order valence-electron chi connectivity index (χ4n) is 4.38. The fraction of sp³-hybridized carbons (Fsp3) is 0.222. The molecule has 0 saturated heterocycles. The molecule has 0 spiro atoms. The van der Waals surface area contributed by atoms with Crippen molar-refractivity contribution in [2.75, 3.05) is 5.32 Å². The van der Waals surface area contributed by atoms with Crippen molar-refractivity contribution in [1.29, 1.82) is 0 Å². The molecule has 1 aliphatic carbocycles. The van der Waals surface area contributed by atoms with E-state index in [1.165, 1.54) is 0 Å². The maximum absolute atomic E-state index is 13.2. The van der Waals surface area contributed by atoms with Gasteiger partial charge in [-0.3, -0.25) is 9.59 Å². The quantitative estimate of drug-likeness (QED) is 0.440. The zero-order valence-electron chi connectivity index (χ0n) is 18.7. The van der Waals surface area contributed by atoms with E-state index in [1.807, 2.05) is 61.5 Å². The molecule has 2 aromatic heterocycles. The van der Waals surface area contributed by atoms with E-state index < -0.39 is 0 Å². The minimum absolute atomic E-state index is 0.0485. The lowest BCUT2D eigenvalue weighted by molar-refractivity contribution is 0.0963. The van der Waals surface area contributed by atoms with Crippen LogP contribution in [0.3, 0.4) is 0 Å². The van der Waals surface area contributed by atoms with Crippen LogP contribution in [-0.4, -0.2) is 21.5 Å². The van der Waals surface area contributed by atoms with Crippen molar-refractivity contribution < 1.29 is 14.0 Å². The predicted octanol–water partition coefficient (Wildman–Crippen LogP) is 5.58. The molecule has 6 heteroatoms.